The number of amides is 2. The van der Waals surface area contributed by atoms with Gasteiger partial charge in [0.25, 0.3) is 11.8 Å². The number of allylic oxidation sites excluding steroid dienone is 1. The number of aromatic nitrogens is 3. The quantitative estimate of drug-likeness (QED) is 0.212. The highest BCUT2D eigenvalue weighted by molar-refractivity contribution is 7.90. The third kappa shape index (κ3) is 6.20. The first-order valence-corrected chi connectivity index (χ1v) is 20.1. The zero-order valence-corrected chi connectivity index (χ0v) is 32.1. The van der Waals surface area contributed by atoms with Crippen molar-refractivity contribution in [2.45, 2.75) is 82.3 Å². The monoisotopic (exact) mass is 776 g/mol. The zero-order chi connectivity index (χ0) is 39.1. The number of rotatable bonds is 7. The topological polar surface area (TPSA) is 119 Å². The van der Waals surface area contributed by atoms with Gasteiger partial charge in [0.1, 0.15) is 5.75 Å². The van der Waals surface area contributed by atoms with Gasteiger partial charge in [-0.05, 0) is 85.7 Å². The summed E-state index contributed by atoms with van der Waals surface area (Å²) in [5, 5.41) is 3.99. The lowest BCUT2D eigenvalue weighted by Gasteiger charge is -2.28. The maximum Gasteiger partial charge on any atom is 0.435 e. The summed E-state index contributed by atoms with van der Waals surface area (Å²) in [6, 6.07) is 10.4. The molecule has 55 heavy (non-hydrogen) atoms. The van der Waals surface area contributed by atoms with Crippen LogP contribution < -0.4 is 9.46 Å². The molecule has 2 amide bonds. The normalized spacial score (nSPS) is 18.7. The summed E-state index contributed by atoms with van der Waals surface area (Å²) in [5.41, 5.74) is 3.70. The van der Waals surface area contributed by atoms with Crippen molar-refractivity contribution in [1.82, 2.24) is 28.9 Å². The zero-order valence-electron chi connectivity index (χ0n) is 31.3. The van der Waals surface area contributed by atoms with E-state index >= 15 is 0 Å². The van der Waals surface area contributed by atoms with Crippen molar-refractivity contribution in [1.29, 1.82) is 0 Å². The van der Waals surface area contributed by atoms with Crippen LogP contribution in [0, 0.1) is 0 Å². The molecular weight excluding hydrogens is 734 g/mol. The number of hydrogen-bond acceptors (Lipinski definition) is 7. The maximum atomic E-state index is 14.9. The molecule has 15 heteroatoms. The van der Waals surface area contributed by atoms with Gasteiger partial charge in [0.2, 0.25) is 10.0 Å². The number of methoxy groups -OCH3 is 1. The lowest BCUT2D eigenvalue weighted by Crippen LogP contribution is -2.39. The number of likely N-dealkylation sites (N-methyl/N-ethyl adjacent to an activating group) is 1. The molecule has 1 aliphatic carbocycles. The number of aryl methyl sites for hydroxylation is 1. The Labute approximate surface area is 317 Å². The SMILES string of the molecule is COc1ccc2c(c1)C=C(c1c(C(=O)N3C=C4CC3CN4C)c(C(F)(F)F)nn1C)Cn1c-2c(C2CCCCC2)c2ccc(C(=O)NS(=O)(=O)C(C)C)cc21. The second-order valence-electron chi connectivity index (χ2n) is 15.3. The Hall–Kier alpha value is -5.05. The van der Waals surface area contributed by atoms with E-state index < -0.39 is 44.5 Å². The van der Waals surface area contributed by atoms with Gasteiger partial charge in [-0.1, -0.05) is 25.3 Å². The number of halogens is 3. The molecule has 1 N–H and O–H groups in total. The van der Waals surface area contributed by atoms with Crippen molar-refractivity contribution in [3.8, 4) is 17.0 Å². The minimum absolute atomic E-state index is 0.0231. The lowest BCUT2D eigenvalue weighted by molar-refractivity contribution is -0.141. The van der Waals surface area contributed by atoms with Crippen molar-refractivity contribution in [2.75, 3.05) is 20.7 Å². The van der Waals surface area contributed by atoms with E-state index in [0.717, 1.165) is 64.7 Å². The highest BCUT2D eigenvalue weighted by atomic mass is 32.2. The fraction of sp³-hybridized carbons (Fsp3) is 0.425. The first kappa shape index (κ1) is 36.9. The third-order valence-corrected chi connectivity index (χ3v) is 13.3. The van der Waals surface area contributed by atoms with Gasteiger partial charge in [-0.2, -0.15) is 18.3 Å². The van der Waals surface area contributed by atoms with Crippen LogP contribution in [-0.4, -0.2) is 76.4 Å². The van der Waals surface area contributed by atoms with Gasteiger partial charge in [0, 0.05) is 61.0 Å². The van der Waals surface area contributed by atoms with Crippen LogP contribution in [0.5, 0.6) is 5.75 Å². The van der Waals surface area contributed by atoms with Crippen LogP contribution in [0.4, 0.5) is 13.2 Å². The Morgan fingerprint density at radius 2 is 1.76 bits per heavy atom. The molecule has 4 aliphatic rings. The van der Waals surface area contributed by atoms with E-state index in [4.69, 9.17) is 4.74 Å². The smallest absolute Gasteiger partial charge is 0.435 e. The lowest BCUT2D eigenvalue weighted by atomic mass is 9.81. The summed E-state index contributed by atoms with van der Waals surface area (Å²) in [4.78, 5) is 31.3. The van der Waals surface area contributed by atoms with Gasteiger partial charge in [0.15, 0.2) is 5.69 Å². The molecule has 2 aromatic carbocycles. The molecule has 1 saturated carbocycles. The summed E-state index contributed by atoms with van der Waals surface area (Å²) in [7, 11) is 0.919. The van der Waals surface area contributed by atoms with Crippen molar-refractivity contribution < 1.29 is 35.9 Å². The van der Waals surface area contributed by atoms with Crippen molar-refractivity contribution in [3.63, 3.8) is 0 Å². The van der Waals surface area contributed by atoms with Gasteiger partial charge in [-0.3, -0.25) is 14.3 Å². The second-order valence-corrected chi connectivity index (χ2v) is 17.6. The predicted octanol–water partition coefficient (Wildman–Crippen LogP) is 7.14. The second kappa shape index (κ2) is 13.3. The largest absolute Gasteiger partial charge is 0.497 e. The molecule has 2 fully saturated rings. The number of hydrogen-bond donors (Lipinski definition) is 1. The van der Waals surface area contributed by atoms with Crippen LogP contribution in [0.15, 0.2) is 48.3 Å². The van der Waals surface area contributed by atoms with Gasteiger partial charge >= 0.3 is 6.18 Å². The number of carbonyl (C=O) groups is 2. The molecule has 5 heterocycles. The molecular formula is C40H43F3N6O5S. The summed E-state index contributed by atoms with van der Waals surface area (Å²) in [6.07, 6.45) is 4.13. The highest BCUT2D eigenvalue weighted by Gasteiger charge is 2.46. The summed E-state index contributed by atoms with van der Waals surface area (Å²) >= 11 is 0. The van der Waals surface area contributed by atoms with Crippen molar-refractivity contribution >= 4 is 44.4 Å². The average molecular weight is 777 g/mol. The van der Waals surface area contributed by atoms with Crippen LogP contribution in [0.3, 0.4) is 0 Å². The van der Waals surface area contributed by atoms with Crippen LogP contribution in [-0.2, 0) is 29.8 Å². The number of alkyl halides is 3. The van der Waals surface area contributed by atoms with E-state index in [1.807, 2.05) is 46.9 Å². The number of ether oxygens (including phenoxy) is 1. The van der Waals surface area contributed by atoms with Crippen molar-refractivity contribution in [3.05, 3.63) is 81.9 Å². The van der Waals surface area contributed by atoms with Crippen molar-refractivity contribution in [2.24, 2.45) is 7.05 Å². The van der Waals surface area contributed by atoms with E-state index in [1.165, 1.54) is 25.8 Å². The standard InChI is InChI=1S/C40H43F3N6O5S/c1-22(2)55(52,53)45-38(50)24-11-13-31-32(17-24)49-19-26(15-25-16-29(54-5)12-14-30(25)36(49)33(31)23-9-7-6-8-10-23)35-34(37(40(41,42)43)44-47(35)4)39(51)48-21-27-18-28(48)20-46(27)3/h11-17,21-23,28H,6-10,18-20H2,1-5H3,(H,45,50). The Bertz CT molecular complexity index is 2440. The minimum Gasteiger partial charge on any atom is -0.497 e. The molecule has 2 aromatic heterocycles. The number of likely N-dealkylation sites (tertiary alicyclic amines) is 1. The molecule has 3 aliphatic heterocycles. The predicted molar refractivity (Wildman–Crippen MR) is 203 cm³/mol. The van der Waals surface area contributed by atoms with Crippen LogP contribution in [0.25, 0.3) is 33.8 Å². The summed E-state index contributed by atoms with van der Waals surface area (Å²) in [5.74, 6) is -0.851. The fourth-order valence-corrected chi connectivity index (χ4v) is 9.39. The van der Waals surface area contributed by atoms with Crippen LogP contribution >= 0.6 is 0 Å². The molecule has 1 atom stereocenters. The minimum atomic E-state index is -4.92. The Kier molecular flexibility index (Phi) is 8.93. The van der Waals surface area contributed by atoms with E-state index in [1.54, 1.807) is 25.4 Å². The molecule has 1 unspecified atom stereocenters. The Balaban J connectivity index is 1.37. The molecule has 2 bridgehead atoms. The number of nitrogens with one attached hydrogen (secondary N) is 1. The number of nitrogens with zero attached hydrogens (tertiary/aromatic N) is 5. The number of sulfonamides is 1. The average Bonchev–Trinajstić information content (AvgIpc) is 3.88. The fourth-order valence-electron chi connectivity index (χ4n) is 8.78. The van der Waals surface area contributed by atoms with Crippen LogP contribution in [0.2, 0.25) is 0 Å². The molecule has 290 valence electrons. The van der Waals surface area contributed by atoms with E-state index in [0.29, 0.717) is 35.4 Å². The summed E-state index contributed by atoms with van der Waals surface area (Å²) < 4.78 is 81.0. The van der Waals surface area contributed by atoms with Crippen LogP contribution in [0.1, 0.15) is 102 Å². The van der Waals surface area contributed by atoms with E-state index in [-0.39, 0.29) is 29.8 Å². The van der Waals surface area contributed by atoms with Gasteiger partial charge < -0.3 is 19.1 Å². The van der Waals surface area contributed by atoms with Gasteiger partial charge in [0.05, 0.1) is 41.9 Å². The molecule has 0 spiro atoms. The Morgan fingerprint density at radius 3 is 2.40 bits per heavy atom. The first-order valence-electron chi connectivity index (χ1n) is 18.6. The molecule has 11 nitrogen and oxygen atoms in total. The number of benzene rings is 2. The molecule has 0 radical (unpaired) electrons. The Morgan fingerprint density at radius 1 is 1.02 bits per heavy atom. The third-order valence-electron chi connectivity index (χ3n) is 11.6. The number of carbonyl (C=O) groups excluding carboxylic acids is 2. The van der Waals surface area contributed by atoms with Gasteiger partial charge in [-0.15, -0.1) is 0 Å². The van der Waals surface area contributed by atoms with Gasteiger partial charge in [-0.25, -0.2) is 13.1 Å². The molecule has 4 aromatic rings. The summed E-state index contributed by atoms with van der Waals surface area (Å²) in [6.45, 7) is 3.50. The highest BCUT2D eigenvalue weighted by Crippen LogP contribution is 2.49. The maximum absolute atomic E-state index is 14.9. The van der Waals surface area contributed by atoms with E-state index in [9.17, 15) is 31.2 Å². The first-order chi connectivity index (χ1) is 26.1. The van der Waals surface area contributed by atoms with E-state index in [2.05, 4.69) is 9.82 Å². The number of fused-ring (bicyclic) bond motifs is 7. The molecule has 1 saturated heterocycles. The molecule has 8 rings (SSSR count).